The lowest BCUT2D eigenvalue weighted by Gasteiger charge is -2.13. The quantitative estimate of drug-likeness (QED) is 0.553. The molecule has 1 atom stereocenters. The summed E-state index contributed by atoms with van der Waals surface area (Å²) in [7, 11) is 0. The lowest BCUT2D eigenvalue weighted by atomic mass is 10.0. The Hall–Kier alpha value is -2.51. The van der Waals surface area contributed by atoms with E-state index in [2.05, 4.69) is 10.6 Å². The minimum Gasteiger partial charge on any atom is -0.493 e. The zero-order chi connectivity index (χ0) is 18.5. The highest BCUT2D eigenvalue weighted by atomic mass is 32.2. The SMILES string of the molecule is CSc1cccc(NC(=O)C(=O)NCC(O)c2ccc3c(c2)CCO3)c1. The van der Waals surface area contributed by atoms with E-state index in [1.807, 2.05) is 24.5 Å². The molecular formula is C19H20N2O4S. The van der Waals surface area contributed by atoms with Crippen molar-refractivity contribution >= 4 is 29.3 Å². The van der Waals surface area contributed by atoms with Gasteiger partial charge in [0.1, 0.15) is 5.75 Å². The second kappa shape index (κ2) is 8.25. The lowest BCUT2D eigenvalue weighted by molar-refractivity contribution is -0.136. The predicted molar refractivity (Wildman–Crippen MR) is 100 cm³/mol. The Morgan fingerprint density at radius 2 is 2.08 bits per heavy atom. The molecule has 1 aliphatic rings. The van der Waals surface area contributed by atoms with Crippen molar-refractivity contribution in [1.29, 1.82) is 0 Å². The molecule has 0 radical (unpaired) electrons. The van der Waals surface area contributed by atoms with Gasteiger partial charge in [-0.3, -0.25) is 9.59 Å². The van der Waals surface area contributed by atoms with E-state index < -0.39 is 17.9 Å². The van der Waals surface area contributed by atoms with Gasteiger partial charge in [0.15, 0.2) is 0 Å². The third kappa shape index (κ3) is 4.36. The number of nitrogens with one attached hydrogen (secondary N) is 2. The molecule has 0 saturated carbocycles. The molecule has 0 aromatic heterocycles. The van der Waals surface area contributed by atoms with Crippen molar-refractivity contribution in [3.8, 4) is 5.75 Å². The second-order valence-corrected chi connectivity index (χ2v) is 6.76. The van der Waals surface area contributed by atoms with E-state index in [0.29, 0.717) is 17.9 Å². The molecule has 3 rings (SSSR count). The number of carbonyl (C=O) groups excluding carboxylic acids is 2. The number of aliphatic hydroxyl groups excluding tert-OH is 1. The second-order valence-electron chi connectivity index (χ2n) is 5.88. The first-order valence-corrected chi connectivity index (χ1v) is 9.46. The molecule has 26 heavy (non-hydrogen) atoms. The number of hydrogen-bond donors (Lipinski definition) is 3. The Morgan fingerprint density at radius 1 is 1.23 bits per heavy atom. The standard InChI is InChI=1S/C19H20N2O4S/c1-26-15-4-2-3-14(10-15)21-19(24)18(23)20-11-16(22)12-5-6-17-13(9-12)7-8-25-17/h2-6,9-10,16,22H,7-8,11H2,1H3,(H,20,23)(H,21,24). The Kier molecular flexibility index (Phi) is 5.80. The van der Waals surface area contributed by atoms with Crippen molar-refractivity contribution in [3.05, 3.63) is 53.6 Å². The summed E-state index contributed by atoms with van der Waals surface area (Å²) >= 11 is 1.54. The summed E-state index contributed by atoms with van der Waals surface area (Å²) in [4.78, 5) is 24.9. The number of amides is 2. The van der Waals surface area contributed by atoms with E-state index >= 15 is 0 Å². The van der Waals surface area contributed by atoms with Crippen LogP contribution in [0.25, 0.3) is 0 Å². The zero-order valence-corrected chi connectivity index (χ0v) is 15.1. The van der Waals surface area contributed by atoms with Gasteiger partial charge in [0.25, 0.3) is 0 Å². The van der Waals surface area contributed by atoms with Crippen LogP contribution in [0, 0.1) is 0 Å². The van der Waals surface area contributed by atoms with Gasteiger partial charge >= 0.3 is 11.8 Å². The average Bonchev–Trinajstić information content (AvgIpc) is 3.13. The lowest BCUT2D eigenvalue weighted by Crippen LogP contribution is -2.37. The molecule has 2 aromatic carbocycles. The van der Waals surface area contributed by atoms with E-state index in [0.717, 1.165) is 22.6 Å². The van der Waals surface area contributed by atoms with Crippen LogP contribution in [0.3, 0.4) is 0 Å². The fraction of sp³-hybridized carbons (Fsp3) is 0.263. The van der Waals surface area contributed by atoms with Crippen molar-refractivity contribution in [2.75, 3.05) is 24.7 Å². The number of rotatable bonds is 5. The Morgan fingerprint density at radius 3 is 2.88 bits per heavy atom. The van der Waals surface area contributed by atoms with E-state index in [4.69, 9.17) is 4.74 Å². The topological polar surface area (TPSA) is 87.7 Å². The van der Waals surface area contributed by atoms with Crippen LogP contribution in [0.1, 0.15) is 17.2 Å². The summed E-state index contributed by atoms with van der Waals surface area (Å²) in [6.45, 7) is 0.597. The summed E-state index contributed by atoms with van der Waals surface area (Å²) in [5.41, 5.74) is 2.28. The summed E-state index contributed by atoms with van der Waals surface area (Å²) in [5.74, 6) is -0.724. The minimum absolute atomic E-state index is 0.0449. The minimum atomic E-state index is -0.891. The molecule has 2 aromatic rings. The van der Waals surface area contributed by atoms with Gasteiger partial charge in [-0.25, -0.2) is 0 Å². The number of thioether (sulfide) groups is 1. The zero-order valence-electron chi connectivity index (χ0n) is 14.3. The molecule has 1 heterocycles. The molecule has 0 saturated heterocycles. The molecule has 136 valence electrons. The van der Waals surface area contributed by atoms with Crippen LogP contribution in [0.15, 0.2) is 47.4 Å². The summed E-state index contributed by atoms with van der Waals surface area (Å²) < 4.78 is 5.43. The van der Waals surface area contributed by atoms with Gasteiger partial charge in [-0.15, -0.1) is 11.8 Å². The Bertz CT molecular complexity index is 825. The van der Waals surface area contributed by atoms with Crippen molar-refractivity contribution in [2.45, 2.75) is 17.4 Å². The molecule has 3 N–H and O–H groups in total. The highest BCUT2D eigenvalue weighted by Crippen LogP contribution is 2.28. The van der Waals surface area contributed by atoms with Gasteiger partial charge in [-0.1, -0.05) is 12.1 Å². The fourth-order valence-electron chi connectivity index (χ4n) is 2.69. The molecule has 2 amide bonds. The number of aliphatic hydroxyl groups is 1. The number of carbonyl (C=O) groups is 2. The van der Waals surface area contributed by atoms with Gasteiger partial charge in [0, 0.05) is 23.5 Å². The fourth-order valence-corrected chi connectivity index (χ4v) is 3.15. The van der Waals surface area contributed by atoms with E-state index in [1.54, 1.807) is 36.0 Å². The normalized spacial score (nSPS) is 13.5. The summed E-state index contributed by atoms with van der Waals surface area (Å²) in [6.07, 6.45) is 1.84. The maximum atomic E-state index is 12.0. The molecule has 0 aliphatic carbocycles. The third-order valence-corrected chi connectivity index (χ3v) is 4.81. The molecular weight excluding hydrogens is 352 g/mol. The molecule has 0 fully saturated rings. The molecule has 6 nitrogen and oxygen atoms in total. The van der Waals surface area contributed by atoms with Crippen LogP contribution in [0.5, 0.6) is 5.75 Å². The number of hydrogen-bond acceptors (Lipinski definition) is 5. The van der Waals surface area contributed by atoms with E-state index in [9.17, 15) is 14.7 Å². The van der Waals surface area contributed by atoms with Crippen molar-refractivity contribution in [2.24, 2.45) is 0 Å². The first kappa shape index (κ1) is 18.3. The molecule has 0 spiro atoms. The summed E-state index contributed by atoms with van der Waals surface area (Å²) in [5, 5.41) is 15.3. The van der Waals surface area contributed by atoms with Crippen LogP contribution in [-0.2, 0) is 16.0 Å². The van der Waals surface area contributed by atoms with Crippen molar-refractivity contribution in [1.82, 2.24) is 5.32 Å². The third-order valence-electron chi connectivity index (χ3n) is 4.09. The molecule has 1 aliphatic heterocycles. The Balaban J connectivity index is 1.53. The van der Waals surface area contributed by atoms with Gasteiger partial charge in [0.05, 0.1) is 12.7 Å². The largest absolute Gasteiger partial charge is 0.493 e. The van der Waals surface area contributed by atoms with Gasteiger partial charge in [0.2, 0.25) is 0 Å². The van der Waals surface area contributed by atoms with Crippen LogP contribution in [-0.4, -0.2) is 36.3 Å². The van der Waals surface area contributed by atoms with Crippen LogP contribution in [0.2, 0.25) is 0 Å². The van der Waals surface area contributed by atoms with Gasteiger partial charge < -0.3 is 20.5 Å². The number of anilines is 1. The van der Waals surface area contributed by atoms with Gasteiger partial charge in [-0.2, -0.15) is 0 Å². The van der Waals surface area contributed by atoms with Gasteiger partial charge in [-0.05, 0) is 47.7 Å². The Labute approximate surface area is 155 Å². The predicted octanol–water partition coefficient (Wildman–Crippen LogP) is 2.13. The van der Waals surface area contributed by atoms with E-state index in [1.165, 1.54) is 0 Å². The summed E-state index contributed by atoms with van der Waals surface area (Å²) in [6, 6.07) is 12.7. The molecule has 7 heteroatoms. The maximum Gasteiger partial charge on any atom is 0.313 e. The molecule has 0 bridgehead atoms. The van der Waals surface area contributed by atoms with E-state index in [-0.39, 0.29) is 6.54 Å². The highest BCUT2D eigenvalue weighted by Gasteiger charge is 2.18. The van der Waals surface area contributed by atoms with Crippen molar-refractivity contribution < 1.29 is 19.4 Å². The maximum absolute atomic E-state index is 12.0. The first-order valence-electron chi connectivity index (χ1n) is 8.24. The number of ether oxygens (including phenoxy) is 1. The van der Waals surface area contributed by atoms with Crippen molar-refractivity contribution in [3.63, 3.8) is 0 Å². The monoisotopic (exact) mass is 372 g/mol. The first-order chi connectivity index (χ1) is 12.6. The van der Waals surface area contributed by atoms with Crippen LogP contribution in [0.4, 0.5) is 5.69 Å². The van der Waals surface area contributed by atoms with Crippen LogP contribution >= 0.6 is 11.8 Å². The average molecular weight is 372 g/mol. The smallest absolute Gasteiger partial charge is 0.313 e. The van der Waals surface area contributed by atoms with Crippen LogP contribution < -0.4 is 15.4 Å². The number of fused-ring (bicyclic) bond motifs is 1. The molecule has 1 unspecified atom stereocenters. The highest BCUT2D eigenvalue weighted by molar-refractivity contribution is 7.98. The number of benzene rings is 2.